The number of carbonyl (C=O) groups excluding carboxylic acids is 4. The van der Waals surface area contributed by atoms with Crippen LogP contribution in [0.1, 0.15) is 43.5 Å². The van der Waals surface area contributed by atoms with Gasteiger partial charge in [-0.05, 0) is 37.0 Å². The maximum Gasteiger partial charge on any atom is 0.305 e. The van der Waals surface area contributed by atoms with Crippen molar-refractivity contribution in [2.75, 3.05) is 13.7 Å². The van der Waals surface area contributed by atoms with Gasteiger partial charge in [-0.15, -0.1) is 0 Å². The summed E-state index contributed by atoms with van der Waals surface area (Å²) in [6.45, 7) is 3.82. The molecule has 1 heterocycles. The molecule has 10 nitrogen and oxygen atoms in total. The van der Waals surface area contributed by atoms with Gasteiger partial charge in [-0.3, -0.25) is 19.2 Å². The molecular weight excluding hydrogens is 454 g/mol. The van der Waals surface area contributed by atoms with Gasteiger partial charge in [0.25, 0.3) is 5.91 Å². The summed E-state index contributed by atoms with van der Waals surface area (Å²) in [5.74, 6) is -2.63. The SMILES string of the molecule is COc1ccc(C(=O)N[C@H](C(=O)N2CCC[C@H]2C(=O)N[C@H](C=O)CC(=O)O)C(C)C)c(Cl)c1. The summed E-state index contributed by atoms with van der Waals surface area (Å²) in [7, 11) is 1.47. The number of halogens is 1. The van der Waals surface area contributed by atoms with Crippen LogP contribution in [-0.2, 0) is 19.2 Å². The van der Waals surface area contributed by atoms with E-state index in [0.29, 0.717) is 31.4 Å². The number of carbonyl (C=O) groups is 5. The molecule has 0 radical (unpaired) electrons. The standard InChI is InChI=1S/C22H28ClN3O7/c1-12(2)19(25-20(30)15-7-6-14(33-3)10-16(15)23)22(32)26-8-4-5-17(26)21(31)24-13(11-27)9-18(28)29/h6-7,10-13,17,19H,4-5,8-9H2,1-3H3,(H,24,31)(H,25,30)(H,28,29)/t13-,17-,19-/m0/s1. The van der Waals surface area contributed by atoms with Gasteiger partial charge < -0.3 is 30.2 Å². The van der Waals surface area contributed by atoms with E-state index in [0.717, 1.165) is 0 Å². The number of aliphatic carboxylic acids is 1. The van der Waals surface area contributed by atoms with Crippen LogP contribution < -0.4 is 15.4 Å². The first-order valence-electron chi connectivity index (χ1n) is 10.5. The fourth-order valence-electron chi connectivity index (χ4n) is 3.62. The van der Waals surface area contributed by atoms with Crippen molar-refractivity contribution in [2.24, 2.45) is 5.92 Å². The van der Waals surface area contributed by atoms with E-state index in [9.17, 15) is 24.0 Å². The Balaban J connectivity index is 2.15. The highest BCUT2D eigenvalue weighted by molar-refractivity contribution is 6.34. The molecule has 1 aliphatic rings. The van der Waals surface area contributed by atoms with Gasteiger partial charge in [0.2, 0.25) is 11.8 Å². The van der Waals surface area contributed by atoms with E-state index in [1.165, 1.54) is 24.1 Å². The normalized spacial score (nSPS) is 17.2. The summed E-state index contributed by atoms with van der Waals surface area (Å²) in [6, 6.07) is 1.58. The van der Waals surface area contributed by atoms with E-state index < -0.39 is 48.2 Å². The molecule has 0 spiro atoms. The van der Waals surface area contributed by atoms with Crippen molar-refractivity contribution in [3.8, 4) is 5.75 Å². The highest BCUT2D eigenvalue weighted by atomic mass is 35.5. The number of carboxylic acid groups (broad SMARTS) is 1. The predicted octanol–water partition coefficient (Wildman–Crippen LogP) is 1.25. The number of hydrogen-bond acceptors (Lipinski definition) is 6. The van der Waals surface area contributed by atoms with Crippen LogP contribution in [0, 0.1) is 5.92 Å². The molecule has 1 aliphatic heterocycles. The summed E-state index contributed by atoms with van der Waals surface area (Å²) in [4.78, 5) is 62.1. The van der Waals surface area contributed by atoms with Crippen molar-refractivity contribution >= 4 is 41.6 Å². The number of methoxy groups -OCH3 is 1. The second kappa shape index (κ2) is 11.6. The number of aldehydes is 1. The molecule has 1 aromatic rings. The third-order valence-electron chi connectivity index (χ3n) is 5.37. The van der Waals surface area contributed by atoms with Crippen LogP contribution in [0.3, 0.4) is 0 Å². The zero-order chi connectivity index (χ0) is 24.7. The summed E-state index contributed by atoms with van der Waals surface area (Å²) < 4.78 is 5.08. The minimum Gasteiger partial charge on any atom is -0.497 e. The number of ether oxygens (including phenoxy) is 1. The summed E-state index contributed by atoms with van der Waals surface area (Å²) in [5, 5.41) is 14.1. The Kier molecular flexibility index (Phi) is 9.22. The minimum absolute atomic E-state index is 0.165. The van der Waals surface area contributed by atoms with Crippen LogP contribution in [-0.4, -0.2) is 71.8 Å². The fourth-order valence-corrected chi connectivity index (χ4v) is 3.88. The average Bonchev–Trinajstić information content (AvgIpc) is 3.25. The topological polar surface area (TPSA) is 142 Å². The Morgan fingerprint density at radius 1 is 1.27 bits per heavy atom. The molecule has 0 aliphatic carbocycles. The molecule has 3 amide bonds. The molecule has 2 rings (SSSR count). The molecule has 11 heteroatoms. The van der Waals surface area contributed by atoms with Gasteiger partial charge in [0, 0.05) is 6.54 Å². The van der Waals surface area contributed by atoms with Gasteiger partial charge in [-0.1, -0.05) is 25.4 Å². The van der Waals surface area contributed by atoms with Gasteiger partial charge in [-0.2, -0.15) is 0 Å². The van der Waals surface area contributed by atoms with E-state index in [1.54, 1.807) is 19.9 Å². The molecule has 0 unspecified atom stereocenters. The van der Waals surface area contributed by atoms with Crippen LogP contribution in [0.5, 0.6) is 5.75 Å². The third kappa shape index (κ3) is 6.67. The summed E-state index contributed by atoms with van der Waals surface area (Å²) in [6.07, 6.45) is 0.711. The smallest absolute Gasteiger partial charge is 0.305 e. The summed E-state index contributed by atoms with van der Waals surface area (Å²) in [5.41, 5.74) is 0.175. The van der Waals surface area contributed by atoms with E-state index in [1.807, 2.05) is 0 Å². The average molecular weight is 482 g/mol. The van der Waals surface area contributed by atoms with Gasteiger partial charge in [0.15, 0.2) is 0 Å². The van der Waals surface area contributed by atoms with Crippen molar-refractivity contribution in [2.45, 2.75) is 51.2 Å². The van der Waals surface area contributed by atoms with Gasteiger partial charge in [0.1, 0.15) is 24.1 Å². The number of carboxylic acids is 1. The highest BCUT2D eigenvalue weighted by Gasteiger charge is 2.39. The highest BCUT2D eigenvalue weighted by Crippen LogP contribution is 2.24. The molecule has 3 atom stereocenters. The number of rotatable bonds is 10. The quantitative estimate of drug-likeness (QED) is 0.427. The Hall–Kier alpha value is -3.14. The van der Waals surface area contributed by atoms with Crippen molar-refractivity contribution < 1.29 is 33.8 Å². The fraction of sp³-hybridized carbons (Fsp3) is 0.500. The lowest BCUT2D eigenvalue weighted by Crippen LogP contribution is -2.56. The molecule has 0 aromatic heterocycles. The Labute approximate surface area is 196 Å². The van der Waals surface area contributed by atoms with Gasteiger partial charge in [-0.25, -0.2) is 0 Å². The van der Waals surface area contributed by atoms with E-state index in [-0.39, 0.29) is 16.5 Å². The molecule has 1 fully saturated rings. The van der Waals surface area contributed by atoms with Gasteiger partial charge in [0.05, 0.1) is 30.2 Å². The molecule has 33 heavy (non-hydrogen) atoms. The van der Waals surface area contributed by atoms with Crippen LogP contribution in [0.25, 0.3) is 0 Å². The minimum atomic E-state index is -1.23. The number of amides is 3. The van der Waals surface area contributed by atoms with Crippen molar-refractivity contribution in [3.05, 3.63) is 28.8 Å². The lowest BCUT2D eigenvalue weighted by atomic mass is 10.0. The Morgan fingerprint density at radius 3 is 2.52 bits per heavy atom. The van der Waals surface area contributed by atoms with Crippen LogP contribution >= 0.6 is 11.6 Å². The zero-order valence-electron chi connectivity index (χ0n) is 18.7. The summed E-state index contributed by atoms with van der Waals surface area (Å²) >= 11 is 6.18. The number of nitrogens with one attached hydrogen (secondary N) is 2. The molecule has 0 saturated carbocycles. The van der Waals surface area contributed by atoms with Gasteiger partial charge >= 0.3 is 5.97 Å². The molecular formula is C22H28ClN3O7. The maximum absolute atomic E-state index is 13.3. The lowest BCUT2D eigenvalue weighted by molar-refractivity contribution is -0.142. The Bertz CT molecular complexity index is 921. The predicted molar refractivity (Wildman–Crippen MR) is 119 cm³/mol. The van der Waals surface area contributed by atoms with Crippen LogP contribution in [0.2, 0.25) is 5.02 Å². The van der Waals surface area contributed by atoms with Crippen molar-refractivity contribution in [1.29, 1.82) is 0 Å². The first-order valence-corrected chi connectivity index (χ1v) is 10.9. The number of benzene rings is 1. The molecule has 1 saturated heterocycles. The monoisotopic (exact) mass is 481 g/mol. The molecule has 3 N–H and O–H groups in total. The zero-order valence-corrected chi connectivity index (χ0v) is 19.4. The largest absolute Gasteiger partial charge is 0.497 e. The second-order valence-corrected chi connectivity index (χ2v) is 8.49. The number of likely N-dealkylation sites (tertiary alicyclic amines) is 1. The lowest BCUT2D eigenvalue weighted by Gasteiger charge is -2.31. The van der Waals surface area contributed by atoms with Crippen LogP contribution in [0.15, 0.2) is 18.2 Å². The van der Waals surface area contributed by atoms with E-state index >= 15 is 0 Å². The van der Waals surface area contributed by atoms with Crippen LogP contribution in [0.4, 0.5) is 0 Å². The third-order valence-corrected chi connectivity index (χ3v) is 5.68. The van der Waals surface area contributed by atoms with Crippen molar-refractivity contribution in [3.63, 3.8) is 0 Å². The number of hydrogen-bond donors (Lipinski definition) is 3. The van der Waals surface area contributed by atoms with E-state index in [2.05, 4.69) is 10.6 Å². The second-order valence-electron chi connectivity index (χ2n) is 8.08. The van der Waals surface area contributed by atoms with Crippen molar-refractivity contribution in [1.82, 2.24) is 15.5 Å². The number of nitrogens with zero attached hydrogens (tertiary/aromatic N) is 1. The molecule has 180 valence electrons. The Morgan fingerprint density at radius 2 is 1.97 bits per heavy atom. The first kappa shape index (κ1) is 26.1. The molecule has 1 aromatic carbocycles. The maximum atomic E-state index is 13.3. The first-order chi connectivity index (χ1) is 15.6. The molecule has 0 bridgehead atoms. The van der Waals surface area contributed by atoms with E-state index in [4.69, 9.17) is 21.4 Å².